The molecule has 0 amide bonds. The molecule has 4 rings (SSSR count). The van der Waals surface area contributed by atoms with Gasteiger partial charge in [0.1, 0.15) is 17.8 Å². The van der Waals surface area contributed by atoms with E-state index in [1.165, 1.54) is 28.8 Å². The lowest BCUT2D eigenvalue weighted by molar-refractivity contribution is 0.156. The number of benzene rings is 2. The number of aromatic nitrogens is 3. The van der Waals surface area contributed by atoms with Gasteiger partial charge in [-0.1, -0.05) is 24.3 Å². The molecule has 0 saturated heterocycles. The second-order valence-electron chi connectivity index (χ2n) is 5.62. The summed E-state index contributed by atoms with van der Waals surface area (Å²) in [7, 11) is 0. The Bertz CT molecular complexity index is 1080. The van der Waals surface area contributed by atoms with Crippen molar-refractivity contribution in [3.63, 3.8) is 0 Å². The van der Waals surface area contributed by atoms with Crippen LogP contribution in [0.3, 0.4) is 0 Å². The highest BCUT2D eigenvalue weighted by Gasteiger charge is 2.15. The van der Waals surface area contributed by atoms with E-state index in [0.29, 0.717) is 16.6 Å². The van der Waals surface area contributed by atoms with E-state index in [-0.39, 0.29) is 17.9 Å². The maximum absolute atomic E-state index is 13.0. The summed E-state index contributed by atoms with van der Waals surface area (Å²) in [5.74, 6) is -0.369. The predicted molar refractivity (Wildman–Crippen MR) is 88.3 cm³/mol. The van der Waals surface area contributed by atoms with E-state index in [4.69, 9.17) is 0 Å². The summed E-state index contributed by atoms with van der Waals surface area (Å²) < 4.78 is 16.3. The van der Waals surface area contributed by atoms with Gasteiger partial charge in [-0.2, -0.15) is 0 Å². The molecule has 0 aliphatic carbocycles. The van der Waals surface area contributed by atoms with Crippen LogP contribution in [0.25, 0.3) is 16.6 Å². The number of hydrogen-bond acceptors (Lipinski definition) is 3. The summed E-state index contributed by atoms with van der Waals surface area (Å²) in [5, 5.41) is 11.0. The van der Waals surface area contributed by atoms with Crippen LogP contribution in [-0.2, 0) is 6.54 Å². The molecule has 2 aromatic heterocycles. The van der Waals surface area contributed by atoms with E-state index in [2.05, 4.69) is 4.98 Å². The Morgan fingerprint density at radius 1 is 1.12 bits per heavy atom. The summed E-state index contributed by atoms with van der Waals surface area (Å²) in [6.07, 6.45) is 2.30. The van der Waals surface area contributed by atoms with Crippen LogP contribution in [0.15, 0.2) is 65.8 Å². The molecule has 24 heavy (non-hydrogen) atoms. The Labute approximate surface area is 136 Å². The van der Waals surface area contributed by atoms with E-state index in [9.17, 15) is 14.3 Å². The molecule has 0 spiro atoms. The number of para-hydroxylation sites is 1. The third-order valence-electron chi connectivity index (χ3n) is 4.14. The van der Waals surface area contributed by atoms with Crippen LogP contribution in [0.1, 0.15) is 11.7 Å². The number of fused-ring (bicyclic) bond motifs is 3. The lowest BCUT2D eigenvalue weighted by Crippen LogP contribution is -2.25. The highest BCUT2D eigenvalue weighted by Crippen LogP contribution is 2.18. The second-order valence-corrected chi connectivity index (χ2v) is 5.62. The average molecular weight is 323 g/mol. The van der Waals surface area contributed by atoms with Crippen LogP contribution in [0.4, 0.5) is 4.39 Å². The first kappa shape index (κ1) is 14.6. The molecule has 2 heterocycles. The van der Waals surface area contributed by atoms with E-state index >= 15 is 0 Å². The zero-order valence-electron chi connectivity index (χ0n) is 12.6. The van der Waals surface area contributed by atoms with Crippen LogP contribution < -0.4 is 5.56 Å². The second kappa shape index (κ2) is 5.58. The molecular weight excluding hydrogens is 309 g/mol. The minimum absolute atomic E-state index is 0.0600. The van der Waals surface area contributed by atoms with Crippen molar-refractivity contribution < 1.29 is 9.50 Å². The molecule has 2 aromatic carbocycles. The molecule has 4 aromatic rings. The number of imidazole rings is 1. The van der Waals surface area contributed by atoms with Gasteiger partial charge in [0.05, 0.1) is 29.7 Å². The smallest absolute Gasteiger partial charge is 0.261 e. The van der Waals surface area contributed by atoms with Gasteiger partial charge in [-0.05, 0) is 29.8 Å². The Balaban J connectivity index is 1.86. The maximum Gasteiger partial charge on any atom is 0.261 e. The molecule has 1 unspecified atom stereocenters. The Morgan fingerprint density at radius 2 is 1.88 bits per heavy atom. The molecule has 0 aliphatic rings. The summed E-state index contributed by atoms with van der Waals surface area (Å²) >= 11 is 0. The normalized spacial score (nSPS) is 12.8. The number of halogens is 1. The lowest BCUT2D eigenvalue weighted by Gasteiger charge is -2.15. The Hall–Kier alpha value is -2.99. The van der Waals surface area contributed by atoms with Crippen LogP contribution in [0.5, 0.6) is 0 Å². The Kier molecular flexibility index (Phi) is 3.39. The average Bonchev–Trinajstić information content (AvgIpc) is 3.09. The lowest BCUT2D eigenvalue weighted by atomic mass is 10.1. The number of hydrogen-bond donors (Lipinski definition) is 1. The van der Waals surface area contributed by atoms with Crippen LogP contribution in [0.2, 0.25) is 0 Å². The molecule has 0 aliphatic heterocycles. The molecule has 0 radical (unpaired) electrons. The molecular formula is C18H14FN3O2. The van der Waals surface area contributed by atoms with E-state index in [0.717, 1.165) is 5.52 Å². The third-order valence-corrected chi connectivity index (χ3v) is 4.14. The van der Waals surface area contributed by atoms with Gasteiger partial charge in [0.2, 0.25) is 0 Å². The van der Waals surface area contributed by atoms with Crippen LogP contribution in [0, 0.1) is 5.82 Å². The predicted octanol–water partition coefficient (Wildman–Crippen LogP) is 2.52. The quantitative estimate of drug-likeness (QED) is 0.630. The summed E-state index contributed by atoms with van der Waals surface area (Å²) in [6.45, 7) is 0.0600. The largest absolute Gasteiger partial charge is 0.387 e. The first-order chi connectivity index (χ1) is 11.6. The maximum atomic E-state index is 13.0. The molecule has 6 heteroatoms. The molecule has 0 bridgehead atoms. The summed E-state index contributed by atoms with van der Waals surface area (Å²) in [5.41, 5.74) is 1.72. The van der Waals surface area contributed by atoms with Crippen LogP contribution in [-0.4, -0.2) is 19.1 Å². The molecule has 0 fully saturated rings. The van der Waals surface area contributed by atoms with Gasteiger partial charge >= 0.3 is 0 Å². The van der Waals surface area contributed by atoms with Crippen molar-refractivity contribution in [1.82, 2.24) is 14.0 Å². The first-order valence-electron chi connectivity index (χ1n) is 7.52. The molecule has 1 N–H and O–H groups in total. The zero-order valence-corrected chi connectivity index (χ0v) is 12.6. The van der Waals surface area contributed by atoms with Gasteiger partial charge in [0, 0.05) is 0 Å². The highest BCUT2D eigenvalue weighted by molar-refractivity contribution is 5.80. The van der Waals surface area contributed by atoms with Crippen molar-refractivity contribution in [2.45, 2.75) is 12.6 Å². The topological polar surface area (TPSA) is 59.5 Å². The number of nitrogens with zero attached hydrogens (tertiary/aromatic N) is 3. The van der Waals surface area contributed by atoms with Gasteiger partial charge in [-0.15, -0.1) is 0 Å². The molecule has 120 valence electrons. The van der Waals surface area contributed by atoms with Gasteiger partial charge in [-0.25, -0.2) is 9.37 Å². The van der Waals surface area contributed by atoms with Gasteiger partial charge in [-0.3, -0.25) is 13.8 Å². The van der Waals surface area contributed by atoms with E-state index < -0.39 is 6.10 Å². The SMILES string of the molecule is O=c1c2ccccc2n2cncc2n1CC(O)c1ccc(F)cc1. The molecule has 1 atom stereocenters. The summed E-state index contributed by atoms with van der Waals surface area (Å²) in [6, 6.07) is 12.9. The van der Waals surface area contributed by atoms with Crippen molar-refractivity contribution in [3.8, 4) is 0 Å². The van der Waals surface area contributed by atoms with Crippen molar-refractivity contribution in [2.75, 3.05) is 0 Å². The zero-order chi connectivity index (χ0) is 16.7. The molecule has 5 nitrogen and oxygen atoms in total. The monoisotopic (exact) mass is 323 g/mol. The molecule has 0 saturated carbocycles. The summed E-state index contributed by atoms with van der Waals surface area (Å²) in [4.78, 5) is 16.9. The highest BCUT2D eigenvalue weighted by atomic mass is 19.1. The van der Waals surface area contributed by atoms with E-state index in [1.54, 1.807) is 24.7 Å². The standard InChI is InChI=1S/C18H14FN3O2/c19-13-7-5-12(6-8-13)16(23)10-21-17-9-20-11-22(17)15-4-2-1-3-14(15)18(21)24/h1-9,11,16,23H,10H2. The van der Waals surface area contributed by atoms with Crippen molar-refractivity contribution in [1.29, 1.82) is 0 Å². The number of aliphatic hydroxyl groups is 1. The fraction of sp³-hybridized carbons (Fsp3) is 0.111. The van der Waals surface area contributed by atoms with Crippen molar-refractivity contribution >= 4 is 16.6 Å². The van der Waals surface area contributed by atoms with Gasteiger partial charge in [0.15, 0.2) is 0 Å². The fourth-order valence-electron chi connectivity index (χ4n) is 2.93. The van der Waals surface area contributed by atoms with E-state index in [1.807, 2.05) is 16.5 Å². The third kappa shape index (κ3) is 2.28. The Morgan fingerprint density at radius 3 is 2.67 bits per heavy atom. The number of aliphatic hydroxyl groups excluding tert-OH is 1. The minimum Gasteiger partial charge on any atom is -0.387 e. The number of rotatable bonds is 3. The van der Waals surface area contributed by atoms with Gasteiger partial charge < -0.3 is 5.11 Å². The van der Waals surface area contributed by atoms with Crippen LogP contribution >= 0.6 is 0 Å². The van der Waals surface area contributed by atoms with Crippen molar-refractivity contribution in [2.24, 2.45) is 0 Å². The first-order valence-corrected chi connectivity index (χ1v) is 7.52. The minimum atomic E-state index is -0.928. The fourth-order valence-corrected chi connectivity index (χ4v) is 2.93. The van der Waals surface area contributed by atoms with Gasteiger partial charge in [0.25, 0.3) is 5.56 Å². The van der Waals surface area contributed by atoms with Crippen molar-refractivity contribution in [3.05, 3.63) is 82.8 Å².